The topological polar surface area (TPSA) is 106 Å². The number of aromatic nitrogens is 3. The average Bonchev–Trinajstić information content (AvgIpc) is 3.26. The Balaban J connectivity index is 1.33. The molecule has 2 aromatic heterocycles. The lowest BCUT2D eigenvalue weighted by molar-refractivity contribution is 0.0730. The van der Waals surface area contributed by atoms with Crippen molar-refractivity contribution in [2.45, 2.75) is 11.8 Å². The Bertz CT molecular complexity index is 1460. The number of hydrogen-bond acceptors (Lipinski definition) is 6. The fourth-order valence-corrected chi connectivity index (χ4v) is 5.29. The number of nitrogens with zero attached hydrogens (tertiary/aromatic N) is 4. The van der Waals surface area contributed by atoms with Gasteiger partial charge in [0.2, 0.25) is 10.0 Å². The van der Waals surface area contributed by atoms with Crippen LogP contribution in [0.1, 0.15) is 16.1 Å². The molecule has 174 valence electrons. The summed E-state index contributed by atoms with van der Waals surface area (Å²) in [5.74, 6) is 0.279. The largest absolute Gasteiger partial charge is 0.379 e. The molecular formula is C24H23N5O4S. The second kappa shape index (κ2) is 8.98. The summed E-state index contributed by atoms with van der Waals surface area (Å²) in [4.78, 5) is 17.7. The van der Waals surface area contributed by atoms with E-state index in [9.17, 15) is 13.2 Å². The van der Waals surface area contributed by atoms with Crippen LogP contribution < -0.4 is 5.32 Å². The van der Waals surface area contributed by atoms with Gasteiger partial charge in [-0.1, -0.05) is 18.2 Å². The Morgan fingerprint density at radius 3 is 2.50 bits per heavy atom. The van der Waals surface area contributed by atoms with Crippen LogP contribution in [0.2, 0.25) is 0 Å². The van der Waals surface area contributed by atoms with Gasteiger partial charge in [-0.15, -0.1) is 0 Å². The normalized spacial score (nSPS) is 14.9. The third-order valence-electron chi connectivity index (χ3n) is 5.78. The van der Waals surface area contributed by atoms with Crippen LogP contribution in [0.3, 0.4) is 0 Å². The van der Waals surface area contributed by atoms with Gasteiger partial charge >= 0.3 is 0 Å². The highest BCUT2D eigenvalue weighted by molar-refractivity contribution is 7.89. The van der Waals surface area contributed by atoms with Crippen LogP contribution >= 0.6 is 0 Å². The van der Waals surface area contributed by atoms with Gasteiger partial charge in [-0.2, -0.15) is 9.40 Å². The van der Waals surface area contributed by atoms with E-state index in [2.05, 4.69) is 15.4 Å². The summed E-state index contributed by atoms with van der Waals surface area (Å²) in [6.07, 6.45) is 1.50. The zero-order valence-electron chi connectivity index (χ0n) is 18.5. The monoisotopic (exact) mass is 477 g/mol. The van der Waals surface area contributed by atoms with E-state index in [1.165, 1.54) is 22.6 Å². The fourth-order valence-electron chi connectivity index (χ4n) is 3.88. The smallest absolute Gasteiger partial charge is 0.259 e. The van der Waals surface area contributed by atoms with Crippen LogP contribution in [0.4, 0.5) is 5.69 Å². The second-order valence-electron chi connectivity index (χ2n) is 7.91. The molecule has 1 aliphatic heterocycles. The number of fused-ring (bicyclic) bond motifs is 1. The van der Waals surface area contributed by atoms with E-state index in [0.29, 0.717) is 49.1 Å². The maximum absolute atomic E-state index is 12.9. The van der Waals surface area contributed by atoms with Crippen molar-refractivity contribution in [2.24, 2.45) is 0 Å². The third kappa shape index (κ3) is 4.18. The molecule has 4 aromatic rings. The summed E-state index contributed by atoms with van der Waals surface area (Å²) in [5.41, 5.74) is 2.38. The summed E-state index contributed by atoms with van der Waals surface area (Å²) in [6, 6.07) is 17.8. The zero-order chi connectivity index (χ0) is 23.7. The van der Waals surface area contributed by atoms with Crippen molar-refractivity contribution in [3.05, 3.63) is 78.1 Å². The zero-order valence-corrected chi connectivity index (χ0v) is 19.3. The van der Waals surface area contributed by atoms with Crippen LogP contribution in [0.15, 0.2) is 71.8 Å². The number of morpholine rings is 1. The molecule has 0 bridgehead atoms. The highest BCUT2D eigenvalue weighted by Crippen LogP contribution is 2.21. The number of ether oxygens (including phenoxy) is 1. The predicted molar refractivity (Wildman–Crippen MR) is 128 cm³/mol. The van der Waals surface area contributed by atoms with Crippen molar-refractivity contribution in [1.29, 1.82) is 0 Å². The lowest BCUT2D eigenvalue weighted by Crippen LogP contribution is -2.40. The summed E-state index contributed by atoms with van der Waals surface area (Å²) >= 11 is 0. The van der Waals surface area contributed by atoms with Crippen molar-refractivity contribution in [1.82, 2.24) is 19.1 Å². The molecule has 34 heavy (non-hydrogen) atoms. The molecule has 0 radical (unpaired) electrons. The minimum Gasteiger partial charge on any atom is -0.379 e. The molecule has 0 spiro atoms. The number of amides is 1. The van der Waals surface area contributed by atoms with E-state index in [1.807, 2.05) is 36.4 Å². The molecule has 1 N–H and O–H groups in total. The third-order valence-corrected chi connectivity index (χ3v) is 7.69. The highest BCUT2D eigenvalue weighted by Gasteiger charge is 2.26. The molecule has 1 aliphatic rings. The van der Waals surface area contributed by atoms with E-state index in [1.54, 1.807) is 23.7 Å². The van der Waals surface area contributed by atoms with Gasteiger partial charge in [-0.3, -0.25) is 4.79 Å². The SMILES string of the molecule is Cc1c(C(=O)Nc2ccc(S(=O)(=O)N3CCOCC3)cc2)cnn1-c1ccc2ccccc2n1. The van der Waals surface area contributed by atoms with Crippen LogP contribution in [-0.2, 0) is 14.8 Å². The highest BCUT2D eigenvalue weighted by atomic mass is 32.2. The number of para-hydroxylation sites is 1. The lowest BCUT2D eigenvalue weighted by atomic mass is 10.2. The first kappa shape index (κ1) is 22.2. The molecule has 0 aliphatic carbocycles. The van der Waals surface area contributed by atoms with E-state index in [4.69, 9.17) is 4.74 Å². The van der Waals surface area contributed by atoms with E-state index < -0.39 is 10.0 Å². The minimum absolute atomic E-state index is 0.179. The first-order valence-corrected chi connectivity index (χ1v) is 12.3. The molecule has 0 saturated carbocycles. The van der Waals surface area contributed by atoms with Gasteiger partial charge in [0.25, 0.3) is 5.91 Å². The van der Waals surface area contributed by atoms with Crippen LogP contribution in [0.5, 0.6) is 0 Å². The Hall–Kier alpha value is -3.60. The molecule has 1 amide bonds. The molecule has 10 heteroatoms. The number of benzene rings is 2. The molecule has 9 nitrogen and oxygen atoms in total. The Morgan fingerprint density at radius 1 is 1.00 bits per heavy atom. The minimum atomic E-state index is -3.59. The quantitative estimate of drug-likeness (QED) is 0.474. The maximum Gasteiger partial charge on any atom is 0.259 e. The molecule has 2 aromatic carbocycles. The molecule has 0 unspecified atom stereocenters. The first-order valence-electron chi connectivity index (χ1n) is 10.8. The number of rotatable bonds is 5. The second-order valence-corrected chi connectivity index (χ2v) is 9.85. The van der Waals surface area contributed by atoms with E-state index in [0.717, 1.165) is 10.9 Å². The fraction of sp³-hybridized carbons (Fsp3) is 0.208. The van der Waals surface area contributed by atoms with Crippen molar-refractivity contribution in [3.63, 3.8) is 0 Å². The molecule has 1 fully saturated rings. The van der Waals surface area contributed by atoms with Gasteiger partial charge in [-0.05, 0) is 49.4 Å². The van der Waals surface area contributed by atoms with Crippen LogP contribution in [0, 0.1) is 6.92 Å². The van der Waals surface area contributed by atoms with E-state index >= 15 is 0 Å². The molecule has 1 saturated heterocycles. The molecular weight excluding hydrogens is 454 g/mol. The number of hydrogen-bond donors (Lipinski definition) is 1. The van der Waals surface area contributed by atoms with Gasteiger partial charge in [-0.25, -0.2) is 18.1 Å². The first-order chi connectivity index (χ1) is 16.4. The standard InChI is InChI=1S/C24H23N5O4S/c1-17-21(16-25-29(17)23-11-6-18-4-2-3-5-22(18)27-23)24(30)26-19-7-9-20(10-8-19)34(31,32)28-12-14-33-15-13-28/h2-11,16H,12-15H2,1H3,(H,26,30). The van der Waals surface area contributed by atoms with Gasteiger partial charge < -0.3 is 10.1 Å². The summed E-state index contributed by atoms with van der Waals surface area (Å²) < 4.78 is 33.8. The Morgan fingerprint density at radius 2 is 1.74 bits per heavy atom. The van der Waals surface area contributed by atoms with Gasteiger partial charge in [0, 0.05) is 24.2 Å². The van der Waals surface area contributed by atoms with Crippen molar-refractivity contribution in [2.75, 3.05) is 31.6 Å². The van der Waals surface area contributed by atoms with Crippen molar-refractivity contribution in [3.8, 4) is 5.82 Å². The van der Waals surface area contributed by atoms with Gasteiger partial charge in [0.05, 0.1) is 41.1 Å². The van der Waals surface area contributed by atoms with Crippen LogP contribution in [0.25, 0.3) is 16.7 Å². The molecule has 0 atom stereocenters. The summed E-state index contributed by atoms with van der Waals surface area (Å²) in [6.45, 7) is 3.23. The van der Waals surface area contributed by atoms with Crippen molar-refractivity contribution < 1.29 is 17.9 Å². The maximum atomic E-state index is 12.9. The lowest BCUT2D eigenvalue weighted by Gasteiger charge is -2.26. The molecule has 3 heterocycles. The van der Waals surface area contributed by atoms with Crippen LogP contribution in [-0.4, -0.2) is 59.7 Å². The number of nitrogens with one attached hydrogen (secondary N) is 1. The average molecular weight is 478 g/mol. The number of pyridine rings is 1. The van der Waals surface area contributed by atoms with Gasteiger partial charge in [0.15, 0.2) is 5.82 Å². The van der Waals surface area contributed by atoms with E-state index in [-0.39, 0.29) is 10.8 Å². The van der Waals surface area contributed by atoms with Gasteiger partial charge in [0.1, 0.15) is 0 Å². The summed E-state index contributed by atoms with van der Waals surface area (Å²) in [5, 5.41) is 8.18. The number of carbonyl (C=O) groups is 1. The Kier molecular flexibility index (Phi) is 5.86. The predicted octanol–water partition coefficient (Wildman–Crippen LogP) is 3.00. The number of anilines is 1. The molecule has 5 rings (SSSR count). The number of sulfonamides is 1. The van der Waals surface area contributed by atoms with Crippen molar-refractivity contribution >= 4 is 32.5 Å². The Labute approximate surface area is 197 Å². The summed E-state index contributed by atoms with van der Waals surface area (Å²) in [7, 11) is -3.59. The number of carbonyl (C=O) groups excluding carboxylic acids is 1.